The predicted octanol–water partition coefficient (Wildman–Crippen LogP) is 3.51. The van der Waals surface area contributed by atoms with Crippen molar-refractivity contribution in [2.24, 2.45) is 10.4 Å². The lowest BCUT2D eigenvalue weighted by Gasteiger charge is -2.36. The topological polar surface area (TPSA) is 53.0 Å². The summed E-state index contributed by atoms with van der Waals surface area (Å²) in [5.41, 5.74) is 1.51. The summed E-state index contributed by atoms with van der Waals surface area (Å²) in [6, 6.07) is 4.26. The molecule has 2 saturated heterocycles. The van der Waals surface area contributed by atoms with Crippen LogP contribution in [0.5, 0.6) is 0 Å². The van der Waals surface area contributed by atoms with Gasteiger partial charge in [-0.25, -0.2) is 9.98 Å². The van der Waals surface area contributed by atoms with Gasteiger partial charge < -0.3 is 19.9 Å². The molecular formula is C21H36IN5O. The van der Waals surface area contributed by atoms with Crippen LogP contribution in [0.4, 0.5) is 5.82 Å². The van der Waals surface area contributed by atoms with Crippen molar-refractivity contribution in [3.05, 3.63) is 23.9 Å². The molecular weight excluding hydrogens is 465 g/mol. The van der Waals surface area contributed by atoms with Gasteiger partial charge >= 0.3 is 0 Å². The summed E-state index contributed by atoms with van der Waals surface area (Å²) in [7, 11) is 0. The van der Waals surface area contributed by atoms with E-state index in [-0.39, 0.29) is 36.2 Å². The fraction of sp³-hybridized carbons (Fsp3) is 0.714. The first-order valence-corrected chi connectivity index (χ1v) is 10.2. The fourth-order valence-corrected chi connectivity index (χ4v) is 3.95. The second-order valence-electron chi connectivity index (χ2n) is 8.69. The summed E-state index contributed by atoms with van der Waals surface area (Å²) in [5.74, 6) is 2.04. The van der Waals surface area contributed by atoms with Gasteiger partial charge in [-0.2, -0.15) is 0 Å². The highest BCUT2D eigenvalue weighted by molar-refractivity contribution is 14.0. The normalized spacial score (nSPS) is 24.8. The van der Waals surface area contributed by atoms with Gasteiger partial charge in [-0.05, 0) is 44.2 Å². The standard InChI is InChI=1S/C21H35N5O.HI/c1-6-22-20(25-10-9-21(4,5)15-25)24-12-18-7-8-19(23-11-18)26-13-16(2)27-17(3)14-26;/h7-8,11,16-17H,6,9-10,12-15H2,1-5H3,(H,22,24);1H. The van der Waals surface area contributed by atoms with Crippen LogP contribution >= 0.6 is 24.0 Å². The highest BCUT2D eigenvalue weighted by Crippen LogP contribution is 2.28. The van der Waals surface area contributed by atoms with Crippen molar-refractivity contribution >= 4 is 35.8 Å². The lowest BCUT2D eigenvalue weighted by atomic mass is 9.93. The molecule has 2 aliphatic rings. The Morgan fingerprint density at radius 2 is 2.00 bits per heavy atom. The van der Waals surface area contributed by atoms with E-state index in [4.69, 9.17) is 9.73 Å². The fourth-order valence-electron chi connectivity index (χ4n) is 3.95. The number of aromatic nitrogens is 1. The van der Waals surface area contributed by atoms with Crippen molar-refractivity contribution in [2.45, 2.75) is 59.8 Å². The molecule has 0 spiro atoms. The van der Waals surface area contributed by atoms with Crippen molar-refractivity contribution < 1.29 is 4.74 Å². The lowest BCUT2D eigenvalue weighted by Crippen LogP contribution is -2.45. The number of aliphatic imine (C=N–C) groups is 1. The van der Waals surface area contributed by atoms with Crippen LogP contribution in [0, 0.1) is 5.41 Å². The van der Waals surface area contributed by atoms with Gasteiger partial charge in [-0.1, -0.05) is 19.9 Å². The molecule has 7 heteroatoms. The molecule has 6 nitrogen and oxygen atoms in total. The van der Waals surface area contributed by atoms with E-state index in [1.807, 2.05) is 6.20 Å². The summed E-state index contributed by atoms with van der Waals surface area (Å²) in [4.78, 5) is 14.2. The maximum Gasteiger partial charge on any atom is 0.194 e. The van der Waals surface area contributed by atoms with Crippen LogP contribution in [0.3, 0.4) is 0 Å². The Morgan fingerprint density at radius 1 is 1.29 bits per heavy atom. The second kappa shape index (κ2) is 10.1. The molecule has 0 saturated carbocycles. The molecule has 0 amide bonds. The molecule has 0 aromatic carbocycles. The van der Waals surface area contributed by atoms with E-state index in [0.717, 1.165) is 50.1 Å². The minimum absolute atomic E-state index is 0. The molecule has 1 aromatic rings. The third-order valence-electron chi connectivity index (χ3n) is 5.28. The Kier molecular flexibility index (Phi) is 8.36. The smallest absolute Gasteiger partial charge is 0.194 e. The molecule has 3 heterocycles. The van der Waals surface area contributed by atoms with Gasteiger partial charge in [0.15, 0.2) is 5.96 Å². The van der Waals surface area contributed by atoms with Gasteiger partial charge in [-0.3, -0.25) is 0 Å². The maximum atomic E-state index is 5.81. The third-order valence-corrected chi connectivity index (χ3v) is 5.28. The maximum absolute atomic E-state index is 5.81. The van der Waals surface area contributed by atoms with Crippen molar-refractivity contribution in [1.29, 1.82) is 0 Å². The Bertz CT molecular complexity index is 639. The number of nitrogens with one attached hydrogen (secondary N) is 1. The number of pyridine rings is 1. The van der Waals surface area contributed by atoms with Crippen LogP contribution in [-0.2, 0) is 11.3 Å². The summed E-state index contributed by atoms with van der Waals surface area (Å²) in [6.45, 7) is 16.5. The SMILES string of the molecule is CCNC(=NCc1ccc(N2CC(C)OC(C)C2)nc1)N1CCC(C)(C)C1.I. The third kappa shape index (κ3) is 6.20. The number of anilines is 1. The van der Waals surface area contributed by atoms with Crippen molar-refractivity contribution in [1.82, 2.24) is 15.2 Å². The van der Waals surface area contributed by atoms with E-state index >= 15 is 0 Å². The Hall–Kier alpha value is -1.09. The first-order valence-electron chi connectivity index (χ1n) is 10.2. The molecule has 2 atom stereocenters. The molecule has 158 valence electrons. The molecule has 1 aromatic heterocycles. The average Bonchev–Trinajstić information content (AvgIpc) is 2.98. The summed E-state index contributed by atoms with van der Waals surface area (Å²) in [6.07, 6.45) is 3.66. The first kappa shape index (κ1) is 23.2. The minimum atomic E-state index is 0. The molecule has 0 bridgehead atoms. The van der Waals surface area contributed by atoms with Crippen LogP contribution in [0.1, 0.15) is 46.6 Å². The van der Waals surface area contributed by atoms with E-state index in [2.05, 4.69) is 66.9 Å². The van der Waals surface area contributed by atoms with Crippen molar-refractivity contribution in [3.63, 3.8) is 0 Å². The zero-order valence-electron chi connectivity index (χ0n) is 17.9. The van der Waals surface area contributed by atoms with Crippen LogP contribution < -0.4 is 10.2 Å². The Labute approximate surface area is 187 Å². The zero-order chi connectivity index (χ0) is 19.4. The van der Waals surface area contributed by atoms with E-state index < -0.39 is 0 Å². The van der Waals surface area contributed by atoms with Gasteiger partial charge in [-0.15, -0.1) is 24.0 Å². The minimum Gasteiger partial charge on any atom is -0.372 e. The molecule has 1 N–H and O–H groups in total. The Morgan fingerprint density at radius 3 is 2.54 bits per heavy atom. The van der Waals surface area contributed by atoms with Crippen LogP contribution in [-0.4, -0.2) is 60.8 Å². The van der Waals surface area contributed by atoms with Gasteiger partial charge in [0.25, 0.3) is 0 Å². The summed E-state index contributed by atoms with van der Waals surface area (Å²) < 4.78 is 5.81. The van der Waals surface area contributed by atoms with Gasteiger partial charge in [0.05, 0.1) is 18.8 Å². The molecule has 28 heavy (non-hydrogen) atoms. The van der Waals surface area contributed by atoms with Gasteiger partial charge in [0.2, 0.25) is 0 Å². The molecule has 2 unspecified atom stereocenters. The Balaban J connectivity index is 0.00000280. The van der Waals surface area contributed by atoms with E-state index in [0.29, 0.717) is 12.0 Å². The number of hydrogen-bond donors (Lipinski definition) is 1. The molecule has 0 aliphatic carbocycles. The van der Waals surface area contributed by atoms with Crippen LogP contribution in [0.2, 0.25) is 0 Å². The largest absolute Gasteiger partial charge is 0.372 e. The monoisotopic (exact) mass is 501 g/mol. The number of ether oxygens (including phenoxy) is 1. The number of nitrogens with zero attached hydrogens (tertiary/aromatic N) is 4. The molecule has 3 rings (SSSR count). The number of rotatable bonds is 4. The zero-order valence-corrected chi connectivity index (χ0v) is 20.3. The summed E-state index contributed by atoms with van der Waals surface area (Å²) >= 11 is 0. The molecule has 2 fully saturated rings. The second-order valence-corrected chi connectivity index (χ2v) is 8.69. The van der Waals surface area contributed by atoms with Gasteiger partial charge in [0, 0.05) is 38.9 Å². The lowest BCUT2D eigenvalue weighted by molar-refractivity contribution is -0.00545. The van der Waals surface area contributed by atoms with Crippen molar-refractivity contribution in [3.8, 4) is 0 Å². The molecule has 2 aliphatic heterocycles. The predicted molar refractivity (Wildman–Crippen MR) is 127 cm³/mol. The average molecular weight is 501 g/mol. The van der Waals surface area contributed by atoms with Crippen LogP contribution in [0.25, 0.3) is 0 Å². The first-order chi connectivity index (χ1) is 12.9. The number of morpholine rings is 1. The quantitative estimate of drug-likeness (QED) is 0.389. The van der Waals surface area contributed by atoms with E-state index in [1.54, 1.807) is 0 Å². The van der Waals surface area contributed by atoms with Gasteiger partial charge in [0.1, 0.15) is 5.82 Å². The highest BCUT2D eigenvalue weighted by Gasteiger charge is 2.30. The number of likely N-dealkylation sites (tertiary alicyclic amines) is 1. The highest BCUT2D eigenvalue weighted by atomic mass is 127. The van der Waals surface area contributed by atoms with Crippen LogP contribution in [0.15, 0.2) is 23.3 Å². The van der Waals surface area contributed by atoms with E-state index in [9.17, 15) is 0 Å². The number of halogens is 1. The number of guanidine groups is 1. The molecule has 0 radical (unpaired) electrons. The van der Waals surface area contributed by atoms with E-state index in [1.165, 1.54) is 6.42 Å². The summed E-state index contributed by atoms with van der Waals surface area (Å²) in [5, 5.41) is 3.44. The number of hydrogen-bond acceptors (Lipinski definition) is 4. The van der Waals surface area contributed by atoms with Crippen molar-refractivity contribution in [2.75, 3.05) is 37.6 Å².